The first-order chi connectivity index (χ1) is 9.08. The number of likely N-dealkylation sites (N-methyl/N-ethyl adjacent to an activating group) is 2. The van der Waals surface area contributed by atoms with E-state index in [4.69, 9.17) is 5.26 Å². The zero-order valence-corrected chi connectivity index (χ0v) is 11.8. The molecule has 0 radical (unpaired) electrons. The van der Waals surface area contributed by atoms with Crippen LogP contribution in [0.5, 0.6) is 0 Å². The molecule has 19 heavy (non-hydrogen) atoms. The molecule has 102 valence electrons. The SMILES string of the molecule is CCN(CCN(C)C(C)=O)C1C=CC=CC(C#N)=C1. The highest BCUT2D eigenvalue weighted by Crippen LogP contribution is 2.11. The third-order valence-electron chi connectivity index (χ3n) is 3.26. The lowest BCUT2D eigenvalue weighted by Gasteiger charge is -2.28. The summed E-state index contributed by atoms with van der Waals surface area (Å²) in [6.45, 7) is 6.00. The number of hydrogen-bond donors (Lipinski definition) is 0. The Labute approximate surface area is 115 Å². The van der Waals surface area contributed by atoms with Gasteiger partial charge in [-0.05, 0) is 18.7 Å². The molecule has 4 heteroatoms. The molecule has 0 bridgehead atoms. The summed E-state index contributed by atoms with van der Waals surface area (Å²) < 4.78 is 0. The van der Waals surface area contributed by atoms with Gasteiger partial charge in [0.15, 0.2) is 0 Å². The van der Waals surface area contributed by atoms with Gasteiger partial charge in [-0.3, -0.25) is 9.69 Å². The van der Waals surface area contributed by atoms with Gasteiger partial charge in [-0.2, -0.15) is 5.26 Å². The zero-order chi connectivity index (χ0) is 14.3. The number of nitriles is 1. The van der Waals surface area contributed by atoms with Crippen molar-refractivity contribution in [2.75, 3.05) is 26.7 Å². The Bertz CT molecular complexity index is 443. The van der Waals surface area contributed by atoms with E-state index in [1.54, 1.807) is 18.9 Å². The topological polar surface area (TPSA) is 47.3 Å². The Hall–Kier alpha value is -1.86. The molecule has 0 aromatic carbocycles. The van der Waals surface area contributed by atoms with Crippen LogP contribution in [0.2, 0.25) is 0 Å². The third-order valence-corrected chi connectivity index (χ3v) is 3.26. The minimum atomic E-state index is 0.0717. The highest BCUT2D eigenvalue weighted by molar-refractivity contribution is 5.72. The molecule has 0 saturated heterocycles. The maximum atomic E-state index is 11.2. The van der Waals surface area contributed by atoms with E-state index < -0.39 is 0 Å². The summed E-state index contributed by atoms with van der Waals surface area (Å²) >= 11 is 0. The molecule has 1 unspecified atom stereocenters. The number of nitrogens with zero attached hydrogens (tertiary/aromatic N) is 3. The fourth-order valence-corrected chi connectivity index (χ4v) is 1.89. The van der Waals surface area contributed by atoms with Crippen LogP contribution in [0.4, 0.5) is 0 Å². The van der Waals surface area contributed by atoms with Crippen molar-refractivity contribution in [3.63, 3.8) is 0 Å². The molecule has 0 aromatic heterocycles. The van der Waals surface area contributed by atoms with Crippen molar-refractivity contribution in [2.24, 2.45) is 0 Å². The first kappa shape index (κ1) is 15.2. The second-order valence-electron chi connectivity index (χ2n) is 4.54. The maximum absolute atomic E-state index is 11.2. The average molecular weight is 259 g/mol. The molecule has 0 aliphatic heterocycles. The Morgan fingerprint density at radius 1 is 1.42 bits per heavy atom. The van der Waals surface area contributed by atoms with Gasteiger partial charge in [-0.15, -0.1) is 0 Å². The third kappa shape index (κ3) is 4.72. The minimum absolute atomic E-state index is 0.0717. The molecule has 1 amide bonds. The van der Waals surface area contributed by atoms with E-state index in [-0.39, 0.29) is 11.9 Å². The second kappa shape index (κ2) is 7.55. The Kier molecular flexibility index (Phi) is 6.04. The second-order valence-corrected chi connectivity index (χ2v) is 4.54. The number of rotatable bonds is 5. The fourth-order valence-electron chi connectivity index (χ4n) is 1.89. The molecule has 0 fully saturated rings. The monoisotopic (exact) mass is 259 g/mol. The van der Waals surface area contributed by atoms with Gasteiger partial charge in [0, 0.05) is 38.7 Å². The average Bonchev–Trinajstić information content (AvgIpc) is 2.64. The highest BCUT2D eigenvalue weighted by atomic mass is 16.2. The summed E-state index contributed by atoms with van der Waals surface area (Å²) in [5, 5.41) is 9.01. The normalized spacial score (nSPS) is 17.8. The van der Waals surface area contributed by atoms with Gasteiger partial charge in [0.2, 0.25) is 5.91 Å². The molecule has 0 N–H and O–H groups in total. The number of carbonyl (C=O) groups is 1. The van der Waals surface area contributed by atoms with E-state index in [2.05, 4.69) is 24.0 Å². The Balaban J connectivity index is 2.69. The van der Waals surface area contributed by atoms with Crippen LogP contribution in [0.1, 0.15) is 13.8 Å². The van der Waals surface area contributed by atoms with Crippen LogP contribution >= 0.6 is 0 Å². The molecule has 0 aromatic rings. The lowest BCUT2D eigenvalue weighted by atomic mass is 10.1. The van der Waals surface area contributed by atoms with Gasteiger partial charge in [0.25, 0.3) is 0 Å². The van der Waals surface area contributed by atoms with E-state index in [1.807, 2.05) is 24.3 Å². The predicted molar refractivity (Wildman–Crippen MR) is 76.3 cm³/mol. The summed E-state index contributed by atoms with van der Waals surface area (Å²) in [6.07, 6.45) is 9.68. The van der Waals surface area contributed by atoms with Gasteiger partial charge >= 0.3 is 0 Å². The van der Waals surface area contributed by atoms with Crippen molar-refractivity contribution in [3.8, 4) is 6.07 Å². The summed E-state index contributed by atoms with van der Waals surface area (Å²) in [4.78, 5) is 15.1. The van der Waals surface area contributed by atoms with Gasteiger partial charge in [-0.25, -0.2) is 0 Å². The van der Waals surface area contributed by atoms with E-state index in [0.717, 1.165) is 13.1 Å². The van der Waals surface area contributed by atoms with Crippen molar-refractivity contribution in [1.82, 2.24) is 9.80 Å². The van der Waals surface area contributed by atoms with E-state index in [0.29, 0.717) is 12.1 Å². The molecule has 0 spiro atoms. The Morgan fingerprint density at radius 2 is 2.16 bits per heavy atom. The van der Waals surface area contributed by atoms with Crippen LogP contribution in [-0.4, -0.2) is 48.4 Å². The van der Waals surface area contributed by atoms with Crippen LogP contribution in [0.25, 0.3) is 0 Å². The van der Waals surface area contributed by atoms with Gasteiger partial charge < -0.3 is 4.90 Å². The number of hydrogen-bond acceptors (Lipinski definition) is 3. The van der Waals surface area contributed by atoms with Crippen molar-refractivity contribution >= 4 is 5.91 Å². The summed E-state index contributed by atoms with van der Waals surface area (Å²) in [5.41, 5.74) is 0.674. The number of allylic oxidation sites excluding steroid dienone is 4. The van der Waals surface area contributed by atoms with Crippen LogP contribution < -0.4 is 0 Å². The van der Waals surface area contributed by atoms with Crippen molar-refractivity contribution in [3.05, 3.63) is 36.0 Å². The van der Waals surface area contributed by atoms with Crippen molar-refractivity contribution in [1.29, 1.82) is 5.26 Å². The molecule has 1 rings (SSSR count). The standard InChI is InChI=1S/C15H21N3O/c1-4-18(10-9-17(3)13(2)19)15-8-6-5-7-14(11-15)12-16/h5-8,11,15H,4,9-10H2,1-3H3. The van der Waals surface area contributed by atoms with Crippen LogP contribution in [0.3, 0.4) is 0 Å². The fraction of sp³-hybridized carbons (Fsp3) is 0.467. The van der Waals surface area contributed by atoms with Crippen LogP contribution in [0.15, 0.2) is 36.0 Å². The number of amides is 1. The zero-order valence-electron chi connectivity index (χ0n) is 11.8. The lowest BCUT2D eigenvalue weighted by molar-refractivity contribution is -0.127. The largest absolute Gasteiger partial charge is 0.345 e. The van der Waals surface area contributed by atoms with Crippen LogP contribution in [0, 0.1) is 11.3 Å². The Morgan fingerprint density at radius 3 is 2.74 bits per heavy atom. The molecular formula is C15H21N3O. The van der Waals surface area contributed by atoms with Crippen molar-refractivity contribution in [2.45, 2.75) is 19.9 Å². The molecule has 0 heterocycles. The highest BCUT2D eigenvalue weighted by Gasteiger charge is 2.14. The minimum Gasteiger partial charge on any atom is -0.345 e. The first-order valence-corrected chi connectivity index (χ1v) is 6.51. The van der Waals surface area contributed by atoms with Crippen molar-refractivity contribution < 1.29 is 4.79 Å². The molecule has 0 saturated carbocycles. The molecular weight excluding hydrogens is 238 g/mol. The molecule has 1 aliphatic rings. The number of carbonyl (C=O) groups excluding carboxylic acids is 1. The van der Waals surface area contributed by atoms with Crippen LogP contribution in [-0.2, 0) is 4.79 Å². The quantitative estimate of drug-likeness (QED) is 0.755. The van der Waals surface area contributed by atoms with E-state index in [9.17, 15) is 4.79 Å². The summed E-state index contributed by atoms with van der Waals surface area (Å²) in [5.74, 6) is 0.0717. The predicted octanol–water partition coefficient (Wildman–Crippen LogP) is 1.73. The van der Waals surface area contributed by atoms with Gasteiger partial charge in [0.05, 0.1) is 6.07 Å². The van der Waals surface area contributed by atoms with Gasteiger partial charge in [0.1, 0.15) is 0 Å². The van der Waals surface area contributed by atoms with E-state index in [1.165, 1.54) is 0 Å². The molecule has 4 nitrogen and oxygen atoms in total. The smallest absolute Gasteiger partial charge is 0.219 e. The van der Waals surface area contributed by atoms with E-state index >= 15 is 0 Å². The lowest BCUT2D eigenvalue weighted by Crippen LogP contribution is -2.39. The first-order valence-electron chi connectivity index (χ1n) is 6.51. The summed E-state index contributed by atoms with van der Waals surface area (Å²) in [7, 11) is 1.80. The molecule has 1 atom stereocenters. The summed E-state index contributed by atoms with van der Waals surface area (Å²) in [6, 6.07) is 2.29. The van der Waals surface area contributed by atoms with Gasteiger partial charge in [-0.1, -0.05) is 25.2 Å². The maximum Gasteiger partial charge on any atom is 0.219 e. The molecule has 1 aliphatic carbocycles.